The van der Waals surface area contributed by atoms with Crippen molar-refractivity contribution >= 4 is 33.0 Å². The number of benzene rings is 2. The highest BCUT2D eigenvalue weighted by Crippen LogP contribution is 2.34. The van der Waals surface area contributed by atoms with E-state index in [0.717, 1.165) is 5.69 Å². The summed E-state index contributed by atoms with van der Waals surface area (Å²) in [5, 5.41) is 14.0. The Kier molecular flexibility index (Phi) is 3.39. The van der Waals surface area contributed by atoms with Gasteiger partial charge in [0.2, 0.25) is 0 Å². The van der Waals surface area contributed by atoms with Crippen molar-refractivity contribution in [3.8, 4) is 0 Å². The predicted octanol–water partition coefficient (Wildman–Crippen LogP) is 4.10. The maximum atomic E-state index is 11.0. The molecule has 86 valence electrons. The van der Waals surface area contributed by atoms with Crippen molar-refractivity contribution in [3.63, 3.8) is 0 Å². The molecular formula is C12H9BrN2O2. The molecule has 0 saturated carbocycles. The van der Waals surface area contributed by atoms with Crippen LogP contribution in [-0.4, -0.2) is 4.92 Å². The zero-order chi connectivity index (χ0) is 12.3. The lowest BCUT2D eigenvalue weighted by Crippen LogP contribution is -1.97. The fourth-order valence-electron chi connectivity index (χ4n) is 1.48. The van der Waals surface area contributed by atoms with Gasteiger partial charge in [0.1, 0.15) is 5.69 Å². The fourth-order valence-corrected chi connectivity index (χ4v) is 1.99. The number of rotatable bonds is 3. The van der Waals surface area contributed by atoms with Gasteiger partial charge in [0.25, 0.3) is 0 Å². The minimum absolute atomic E-state index is 0.0383. The summed E-state index contributed by atoms with van der Waals surface area (Å²) in [6.45, 7) is 0. The monoisotopic (exact) mass is 292 g/mol. The van der Waals surface area contributed by atoms with Gasteiger partial charge >= 0.3 is 5.69 Å². The molecule has 0 saturated heterocycles. The lowest BCUT2D eigenvalue weighted by molar-refractivity contribution is -0.384. The molecule has 0 atom stereocenters. The first kappa shape index (κ1) is 11.6. The summed E-state index contributed by atoms with van der Waals surface area (Å²) in [4.78, 5) is 10.6. The van der Waals surface area contributed by atoms with Crippen LogP contribution < -0.4 is 5.32 Å². The zero-order valence-corrected chi connectivity index (χ0v) is 10.3. The van der Waals surface area contributed by atoms with E-state index in [1.54, 1.807) is 18.2 Å². The van der Waals surface area contributed by atoms with Crippen LogP contribution in [0.4, 0.5) is 17.1 Å². The van der Waals surface area contributed by atoms with Crippen molar-refractivity contribution in [1.29, 1.82) is 0 Å². The number of nitro groups is 1. The standard InChI is InChI=1S/C12H9BrN2O2/c13-10-7-4-8-11(12(10)15(16)17)14-9-5-2-1-3-6-9/h1-8,14H. The van der Waals surface area contributed by atoms with Gasteiger partial charge in [0.15, 0.2) is 0 Å². The molecule has 0 aromatic heterocycles. The average Bonchev–Trinajstić information content (AvgIpc) is 2.30. The Balaban J connectivity index is 2.40. The smallest absolute Gasteiger partial charge is 0.306 e. The van der Waals surface area contributed by atoms with Crippen molar-refractivity contribution in [3.05, 3.63) is 63.1 Å². The number of anilines is 2. The molecule has 0 aliphatic rings. The molecule has 5 heteroatoms. The number of nitrogens with one attached hydrogen (secondary N) is 1. The third-order valence-electron chi connectivity index (χ3n) is 2.22. The van der Waals surface area contributed by atoms with Gasteiger partial charge in [-0.05, 0) is 40.2 Å². The van der Waals surface area contributed by atoms with E-state index in [9.17, 15) is 10.1 Å². The van der Waals surface area contributed by atoms with E-state index in [2.05, 4.69) is 21.2 Å². The molecule has 1 N–H and O–H groups in total. The third kappa shape index (κ3) is 2.62. The van der Waals surface area contributed by atoms with E-state index in [-0.39, 0.29) is 5.69 Å². The van der Waals surface area contributed by atoms with Crippen LogP contribution in [0.3, 0.4) is 0 Å². The first-order valence-corrected chi connectivity index (χ1v) is 5.73. The quantitative estimate of drug-likeness (QED) is 0.684. The van der Waals surface area contributed by atoms with Crippen molar-refractivity contribution in [2.24, 2.45) is 0 Å². The van der Waals surface area contributed by atoms with Crippen molar-refractivity contribution in [1.82, 2.24) is 0 Å². The summed E-state index contributed by atoms with van der Waals surface area (Å²) in [5.74, 6) is 0. The van der Waals surface area contributed by atoms with E-state index in [1.165, 1.54) is 0 Å². The molecule has 2 aromatic rings. The maximum Gasteiger partial charge on any atom is 0.306 e. The molecule has 0 bridgehead atoms. The largest absolute Gasteiger partial charge is 0.350 e. The molecule has 2 aromatic carbocycles. The van der Waals surface area contributed by atoms with Crippen LogP contribution in [0.2, 0.25) is 0 Å². The lowest BCUT2D eigenvalue weighted by Gasteiger charge is -2.07. The second kappa shape index (κ2) is 4.97. The van der Waals surface area contributed by atoms with Crippen LogP contribution in [0.15, 0.2) is 53.0 Å². The van der Waals surface area contributed by atoms with Crippen molar-refractivity contribution in [2.45, 2.75) is 0 Å². The Bertz CT molecular complexity index is 543. The Morgan fingerprint density at radius 1 is 1.06 bits per heavy atom. The second-order valence-electron chi connectivity index (χ2n) is 3.38. The number of nitrogens with zero attached hydrogens (tertiary/aromatic N) is 1. The van der Waals surface area contributed by atoms with Gasteiger partial charge in [0.05, 0.1) is 9.40 Å². The maximum absolute atomic E-state index is 11.0. The van der Waals surface area contributed by atoms with Gasteiger partial charge in [-0.15, -0.1) is 0 Å². The first-order chi connectivity index (χ1) is 8.18. The predicted molar refractivity (Wildman–Crippen MR) is 70.5 cm³/mol. The number of halogens is 1. The highest BCUT2D eigenvalue weighted by molar-refractivity contribution is 9.10. The fraction of sp³-hybridized carbons (Fsp3) is 0. The van der Waals surface area contributed by atoms with Crippen LogP contribution in [0, 0.1) is 10.1 Å². The minimum Gasteiger partial charge on any atom is -0.350 e. The summed E-state index contributed by atoms with van der Waals surface area (Å²) < 4.78 is 0.462. The molecule has 0 radical (unpaired) electrons. The van der Waals surface area contributed by atoms with Crippen LogP contribution in [-0.2, 0) is 0 Å². The van der Waals surface area contributed by atoms with Crippen molar-refractivity contribution in [2.75, 3.05) is 5.32 Å². The Morgan fingerprint density at radius 3 is 2.41 bits per heavy atom. The van der Waals surface area contributed by atoms with Gasteiger partial charge in [-0.25, -0.2) is 0 Å². The van der Waals surface area contributed by atoms with Crippen LogP contribution in [0.1, 0.15) is 0 Å². The summed E-state index contributed by atoms with van der Waals surface area (Å²) >= 11 is 3.18. The molecule has 0 amide bonds. The van der Waals surface area contributed by atoms with Crippen molar-refractivity contribution < 1.29 is 4.92 Å². The molecule has 0 spiro atoms. The molecule has 17 heavy (non-hydrogen) atoms. The minimum atomic E-state index is -0.407. The highest BCUT2D eigenvalue weighted by atomic mass is 79.9. The van der Waals surface area contributed by atoms with Gasteiger partial charge in [-0.3, -0.25) is 10.1 Å². The van der Waals surface area contributed by atoms with E-state index in [4.69, 9.17) is 0 Å². The lowest BCUT2D eigenvalue weighted by atomic mass is 10.2. The Hall–Kier alpha value is -1.88. The van der Waals surface area contributed by atoms with E-state index in [1.807, 2.05) is 30.3 Å². The van der Waals surface area contributed by atoms with Gasteiger partial charge < -0.3 is 5.32 Å². The third-order valence-corrected chi connectivity index (χ3v) is 2.86. The SMILES string of the molecule is O=[N+]([O-])c1c(Br)cccc1Nc1ccccc1. The Labute approximate surface area is 107 Å². The molecular weight excluding hydrogens is 284 g/mol. The Morgan fingerprint density at radius 2 is 1.76 bits per heavy atom. The number of hydrogen-bond donors (Lipinski definition) is 1. The van der Waals surface area contributed by atoms with Crippen LogP contribution in [0.25, 0.3) is 0 Å². The first-order valence-electron chi connectivity index (χ1n) is 4.93. The van der Waals surface area contributed by atoms with Crippen LogP contribution >= 0.6 is 15.9 Å². The second-order valence-corrected chi connectivity index (χ2v) is 4.24. The van der Waals surface area contributed by atoms with E-state index in [0.29, 0.717) is 10.2 Å². The number of nitro benzene ring substituents is 1. The average molecular weight is 293 g/mol. The molecule has 0 aliphatic heterocycles. The van der Waals surface area contributed by atoms with Gasteiger partial charge in [0, 0.05) is 5.69 Å². The summed E-state index contributed by atoms with van der Waals surface area (Å²) in [6, 6.07) is 14.4. The summed E-state index contributed by atoms with van der Waals surface area (Å²) in [6.07, 6.45) is 0. The van der Waals surface area contributed by atoms with Gasteiger partial charge in [-0.1, -0.05) is 24.3 Å². The van der Waals surface area contributed by atoms with Crippen LogP contribution in [0.5, 0.6) is 0 Å². The zero-order valence-electron chi connectivity index (χ0n) is 8.76. The van der Waals surface area contributed by atoms with Gasteiger partial charge in [-0.2, -0.15) is 0 Å². The molecule has 0 heterocycles. The molecule has 2 rings (SSSR count). The highest BCUT2D eigenvalue weighted by Gasteiger charge is 2.17. The van der Waals surface area contributed by atoms with E-state index < -0.39 is 4.92 Å². The number of para-hydroxylation sites is 2. The number of hydrogen-bond acceptors (Lipinski definition) is 3. The molecule has 0 aliphatic carbocycles. The molecule has 4 nitrogen and oxygen atoms in total. The normalized spacial score (nSPS) is 9.94. The van der Waals surface area contributed by atoms with E-state index >= 15 is 0 Å². The summed E-state index contributed by atoms with van der Waals surface area (Å²) in [7, 11) is 0. The molecule has 0 fully saturated rings. The topological polar surface area (TPSA) is 55.2 Å². The molecule has 0 unspecified atom stereocenters. The summed E-state index contributed by atoms with van der Waals surface area (Å²) in [5.41, 5.74) is 1.32.